The molecule has 2 aromatic rings. The third-order valence-electron chi connectivity index (χ3n) is 2.63. The Bertz CT molecular complexity index is 606. The van der Waals surface area contributed by atoms with Gasteiger partial charge < -0.3 is 5.32 Å². The molecule has 0 aliphatic carbocycles. The molecule has 100 valence electrons. The number of H-pyrrole nitrogens is 1. The molecule has 6 heteroatoms. The molecule has 2 N–H and O–H groups in total. The second-order valence-electron chi connectivity index (χ2n) is 4.64. The monoisotopic (exact) mass is 262 g/mol. The van der Waals surface area contributed by atoms with Crippen molar-refractivity contribution in [3.05, 3.63) is 41.2 Å². The summed E-state index contributed by atoms with van der Waals surface area (Å²) in [5.74, 6) is -0.248. The largest absolute Gasteiger partial charge is 0.317 e. The molecule has 1 aromatic heterocycles. The third kappa shape index (κ3) is 2.96. The van der Waals surface area contributed by atoms with Crippen LogP contribution in [-0.2, 0) is 0 Å². The number of nitrogens with one attached hydrogen (secondary N) is 2. The van der Waals surface area contributed by atoms with Gasteiger partial charge >= 0.3 is 0 Å². The molecule has 0 saturated heterocycles. The number of aromatic amines is 1. The molecule has 1 aromatic carbocycles. The molecule has 0 saturated carbocycles. The lowest BCUT2D eigenvalue weighted by Crippen LogP contribution is -2.15. The van der Waals surface area contributed by atoms with E-state index in [-0.39, 0.29) is 17.4 Å². The van der Waals surface area contributed by atoms with E-state index in [1.807, 2.05) is 13.8 Å². The minimum Gasteiger partial charge on any atom is -0.317 e. The summed E-state index contributed by atoms with van der Waals surface area (Å²) in [6, 6.07) is 4.59. The van der Waals surface area contributed by atoms with Crippen LogP contribution in [0.25, 0.3) is 0 Å². The predicted octanol–water partition coefficient (Wildman–Crippen LogP) is 2.63. The van der Waals surface area contributed by atoms with E-state index in [4.69, 9.17) is 0 Å². The van der Waals surface area contributed by atoms with Crippen molar-refractivity contribution in [2.75, 3.05) is 5.32 Å². The van der Waals surface area contributed by atoms with Crippen molar-refractivity contribution in [2.45, 2.75) is 26.7 Å². The maximum Gasteiger partial charge on any atom is 0.295 e. The van der Waals surface area contributed by atoms with Crippen molar-refractivity contribution >= 4 is 11.6 Å². The van der Waals surface area contributed by atoms with Crippen molar-refractivity contribution in [3.8, 4) is 0 Å². The lowest BCUT2D eigenvalue weighted by atomic mass is 10.2. The number of carbonyl (C=O) groups is 1. The van der Waals surface area contributed by atoms with Gasteiger partial charge in [-0.15, -0.1) is 5.10 Å². The summed E-state index contributed by atoms with van der Waals surface area (Å²) in [6.45, 7) is 5.64. The molecule has 0 aliphatic rings. The van der Waals surface area contributed by atoms with E-state index >= 15 is 0 Å². The summed E-state index contributed by atoms with van der Waals surface area (Å²) >= 11 is 0. The topological polar surface area (TPSA) is 70.7 Å². The van der Waals surface area contributed by atoms with E-state index in [0.29, 0.717) is 5.82 Å². The first-order valence-electron chi connectivity index (χ1n) is 5.97. The van der Waals surface area contributed by atoms with Crippen molar-refractivity contribution in [3.63, 3.8) is 0 Å². The zero-order valence-electron chi connectivity index (χ0n) is 11.0. The fourth-order valence-corrected chi connectivity index (χ4v) is 1.53. The van der Waals surface area contributed by atoms with Gasteiger partial charge in [0.15, 0.2) is 0 Å². The van der Waals surface area contributed by atoms with Crippen LogP contribution in [0.15, 0.2) is 18.2 Å². The van der Waals surface area contributed by atoms with Crippen LogP contribution in [0.1, 0.15) is 41.8 Å². The van der Waals surface area contributed by atoms with E-state index in [1.54, 1.807) is 13.0 Å². The van der Waals surface area contributed by atoms with Gasteiger partial charge in [-0.1, -0.05) is 19.9 Å². The molecule has 5 nitrogen and oxygen atoms in total. The number of nitrogens with zero attached hydrogens (tertiary/aromatic N) is 2. The van der Waals surface area contributed by atoms with Crippen LogP contribution in [0.2, 0.25) is 0 Å². The van der Waals surface area contributed by atoms with E-state index in [0.717, 1.165) is 5.56 Å². The van der Waals surface area contributed by atoms with Crippen LogP contribution in [-0.4, -0.2) is 21.1 Å². The number of halogens is 1. The number of hydrogen-bond acceptors (Lipinski definition) is 3. The van der Waals surface area contributed by atoms with E-state index < -0.39 is 11.7 Å². The molecule has 0 bridgehead atoms. The summed E-state index contributed by atoms with van der Waals surface area (Å²) < 4.78 is 13.6. The fraction of sp³-hybridized carbons (Fsp3) is 0.308. The number of carbonyl (C=O) groups excluding carboxylic acids is 1. The number of benzene rings is 1. The Kier molecular flexibility index (Phi) is 3.59. The minimum absolute atomic E-state index is 0.00340. The van der Waals surface area contributed by atoms with Crippen molar-refractivity contribution < 1.29 is 9.18 Å². The van der Waals surface area contributed by atoms with Gasteiger partial charge in [0.2, 0.25) is 5.82 Å². The zero-order chi connectivity index (χ0) is 14.0. The highest BCUT2D eigenvalue weighted by Crippen LogP contribution is 2.16. The van der Waals surface area contributed by atoms with E-state index in [2.05, 4.69) is 20.5 Å². The second-order valence-corrected chi connectivity index (χ2v) is 4.64. The van der Waals surface area contributed by atoms with Crippen LogP contribution in [0.4, 0.5) is 10.1 Å². The molecule has 0 aliphatic heterocycles. The lowest BCUT2D eigenvalue weighted by Gasteiger charge is -2.04. The Morgan fingerprint density at radius 1 is 1.42 bits per heavy atom. The van der Waals surface area contributed by atoms with Crippen LogP contribution >= 0.6 is 0 Å². The van der Waals surface area contributed by atoms with Crippen LogP contribution < -0.4 is 5.32 Å². The predicted molar refractivity (Wildman–Crippen MR) is 69.6 cm³/mol. The highest BCUT2D eigenvalue weighted by Gasteiger charge is 2.15. The molecular weight excluding hydrogens is 247 g/mol. The molecule has 0 radical (unpaired) electrons. The minimum atomic E-state index is -0.536. The van der Waals surface area contributed by atoms with Gasteiger partial charge in [0.05, 0.1) is 5.69 Å². The van der Waals surface area contributed by atoms with Gasteiger partial charge in [-0.2, -0.15) is 0 Å². The van der Waals surface area contributed by atoms with Gasteiger partial charge in [-0.25, -0.2) is 9.37 Å². The molecule has 0 spiro atoms. The van der Waals surface area contributed by atoms with E-state index in [9.17, 15) is 9.18 Å². The smallest absolute Gasteiger partial charge is 0.295 e. The van der Waals surface area contributed by atoms with Gasteiger partial charge in [0, 0.05) is 5.92 Å². The normalized spacial score (nSPS) is 10.8. The number of hydrogen-bond donors (Lipinski definition) is 2. The van der Waals surface area contributed by atoms with Gasteiger partial charge in [0.25, 0.3) is 5.91 Å². The van der Waals surface area contributed by atoms with Crippen molar-refractivity contribution in [1.29, 1.82) is 0 Å². The standard InChI is InChI=1S/C13H15FN4O/c1-7(2)11-16-12(18-17-11)13(19)15-10-5-4-8(3)6-9(10)14/h4-7H,1-3H3,(H,15,19)(H,16,17,18). The Balaban J connectivity index is 2.16. The highest BCUT2D eigenvalue weighted by atomic mass is 19.1. The quantitative estimate of drug-likeness (QED) is 0.893. The summed E-state index contributed by atoms with van der Waals surface area (Å²) in [6.07, 6.45) is 0. The number of rotatable bonds is 3. The molecule has 0 atom stereocenters. The maximum atomic E-state index is 13.6. The zero-order valence-corrected chi connectivity index (χ0v) is 11.0. The van der Waals surface area contributed by atoms with E-state index in [1.165, 1.54) is 12.1 Å². The van der Waals surface area contributed by atoms with Crippen LogP contribution in [0, 0.1) is 12.7 Å². The third-order valence-corrected chi connectivity index (χ3v) is 2.63. The molecule has 0 unspecified atom stereocenters. The SMILES string of the molecule is Cc1ccc(NC(=O)c2n[nH]c(C(C)C)n2)c(F)c1. The molecule has 2 rings (SSSR count). The first-order valence-corrected chi connectivity index (χ1v) is 5.97. The first-order chi connectivity index (χ1) is 8.97. The molecule has 1 heterocycles. The number of amides is 1. The molecule has 0 fully saturated rings. The van der Waals surface area contributed by atoms with Crippen molar-refractivity contribution in [2.24, 2.45) is 0 Å². The lowest BCUT2D eigenvalue weighted by molar-refractivity contribution is 0.101. The van der Waals surface area contributed by atoms with Gasteiger partial charge in [-0.3, -0.25) is 9.89 Å². The fourth-order valence-electron chi connectivity index (χ4n) is 1.53. The average molecular weight is 262 g/mol. The first kappa shape index (κ1) is 13.2. The number of aromatic nitrogens is 3. The van der Waals surface area contributed by atoms with Crippen LogP contribution in [0.3, 0.4) is 0 Å². The Labute approximate surface area is 110 Å². The molecule has 19 heavy (non-hydrogen) atoms. The summed E-state index contributed by atoms with van der Waals surface area (Å²) in [7, 11) is 0. The Morgan fingerprint density at radius 2 is 2.16 bits per heavy atom. The molecule has 1 amide bonds. The Morgan fingerprint density at radius 3 is 2.74 bits per heavy atom. The highest BCUT2D eigenvalue weighted by molar-refractivity contribution is 6.01. The van der Waals surface area contributed by atoms with Crippen LogP contribution in [0.5, 0.6) is 0 Å². The number of anilines is 1. The molecular formula is C13H15FN4O. The van der Waals surface area contributed by atoms with Crippen molar-refractivity contribution in [1.82, 2.24) is 15.2 Å². The summed E-state index contributed by atoms with van der Waals surface area (Å²) in [5, 5.41) is 8.94. The summed E-state index contributed by atoms with van der Waals surface area (Å²) in [4.78, 5) is 15.9. The van der Waals surface area contributed by atoms with Gasteiger partial charge in [0.1, 0.15) is 11.6 Å². The number of aryl methyl sites for hydroxylation is 1. The Hall–Kier alpha value is -2.24. The maximum absolute atomic E-state index is 13.6. The summed E-state index contributed by atoms with van der Waals surface area (Å²) in [5.41, 5.74) is 0.905. The van der Waals surface area contributed by atoms with Gasteiger partial charge in [-0.05, 0) is 24.6 Å². The average Bonchev–Trinajstić information content (AvgIpc) is 2.82. The second kappa shape index (κ2) is 5.17.